The van der Waals surface area contributed by atoms with Gasteiger partial charge in [-0.05, 0) is 42.7 Å². The Bertz CT molecular complexity index is 669. The average molecular weight is 373 g/mol. The average Bonchev–Trinajstić information content (AvgIpc) is 3.49. The van der Waals surface area contributed by atoms with E-state index in [1.54, 1.807) is 7.11 Å². The van der Waals surface area contributed by atoms with Crippen molar-refractivity contribution in [1.29, 1.82) is 0 Å². The lowest BCUT2D eigenvalue weighted by Crippen LogP contribution is -2.48. The predicted octanol–water partition coefficient (Wildman–Crippen LogP) is 3.12. The van der Waals surface area contributed by atoms with Crippen molar-refractivity contribution < 1.29 is 14.3 Å². The van der Waals surface area contributed by atoms with E-state index in [1.165, 1.54) is 12.8 Å². The number of carbonyl (C=O) groups excluding carboxylic acids is 2. The molecule has 0 spiro atoms. The number of nitrogens with zero attached hydrogens (tertiary/aromatic N) is 2. The van der Waals surface area contributed by atoms with Crippen molar-refractivity contribution >= 4 is 11.8 Å². The second-order valence-electron chi connectivity index (χ2n) is 8.20. The summed E-state index contributed by atoms with van der Waals surface area (Å²) in [7, 11) is 1.66. The summed E-state index contributed by atoms with van der Waals surface area (Å²) in [5, 5.41) is 0. The maximum Gasteiger partial charge on any atom is 0.224 e. The van der Waals surface area contributed by atoms with Crippen LogP contribution in [0.25, 0.3) is 0 Å². The second kappa shape index (κ2) is 8.77. The monoisotopic (exact) mass is 372 g/mol. The lowest BCUT2D eigenvalue weighted by Gasteiger charge is -2.35. The van der Waals surface area contributed by atoms with E-state index in [2.05, 4.69) is 18.7 Å². The Hall–Kier alpha value is -2.04. The number of hydrogen-bond acceptors (Lipinski definition) is 3. The van der Waals surface area contributed by atoms with Crippen LogP contribution in [0.15, 0.2) is 24.3 Å². The summed E-state index contributed by atoms with van der Waals surface area (Å²) in [6.45, 7) is 6.36. The van der Waals surface area contributed by atoms with E-state index in [-0.39, 0.29) is 17.9 Å². The van der Waals surface area contributed by atoms with Gasteiger partial charge in [0.15, 0.2) is 0 Å². The van der Waals surface area contributed by atoms with Gasteiger partial charge in [0.25, 0.3) is 0 Å². The van der Waals surface area contributed by atoms with E-state index in [4.69, 9.17) is 4.74 Å². The van der Waals surface area contributed by atoms with Crippen LogP contribution in [0.5, 0.6) is 5.75 Å². The van der Waals surface area contributed by atoms with Crippen LogP contribution in [0, 0.1) is 11.8 Å². The zero-order valence-corrected chi connectivity index (χ0v) is 16.8. The van der Waals surface area contributed by atoms with E-state index in [0.717, 1.165) is 17.9 Å². The molecule has 148 valence electrons. The smallest absolute Gasteiger partial charge is 0.224 e. The quantitative estimate of drug-likeness (QED) is 0.739. The third-order valence-electron chi connectivity index (χ3n) is 5.80. The van der Waals surface area contributed by atoms with Crippen molar-refractivity contribution in [3.63, 3.8) is 0 Å². The number of methoxy groups -OCH3 is 1. The van der Waals surface area contributed by atoms with Gasteiger partial charge in [-0.1, -0.05) is 32.0 Å². The molecule has 1 aromatic rings. The Morgan fingerprint density at radius 2 is 2.00 bits per heavy atom. The molecule has 3 rings (SSSR count). The number of ether oxygens (including phenoxy) is 1. The zero-order chi connectivity index (χ0) is 19.4. The van der Waals surface area contributed by atoms with Crippen LogP contribution in [0.3, 0.4) is 0 Å². The molecule has 2 fully saturated rings. The first kappa shape index (κ1) is 19.7. The van der Waals surface area contributed by atoms with Crippen molar-refractivity contribution in [1.82, 2.24) is 9.80 Å². The summed E-state index contributed by atoms with van der Waals surface area (Å²) in [4.78, 5) is 29.6. The Morgan fingerprint density at radius 1 is 1.26 bits per heavy atom. The summed E-state index contributed by atoms with van der Waals surface area (Å²) >= 11 is 0. The number of benzene rings is 1. The number of rotatable bonds is 7. The van der Waals surface area contributed by atoms with Gasteiger partial charge < -0.3 is 14.5 Å². The van der Waals surface area contributed by atoms with Crippen molar-refractivity contribution in [2.75, 3.05) is 26.7 Å². The van der Waals surface area contributed by atoms with Gasteiger partial charge in [0.05, 0.1) is 13.2 Å². The highest BCUT2D eigenvalue weighted by molar-refractivity contribution is 5.81. The van der Waals surface area contributed by atoms with Gasteiger partial charge in [-0.3, -0.25) is 9.59 Å². The molecular formula is C22H32N2O3. The Morgan fingerprint density at radius 3 is 2.67 bits per heavy atom. The van der Waals surface area contributed by atoms with Gasteiger partial charge in [-0.15, -0.1) is 0 Å². The van der Waals surface area contributed by atoms with Crippen molar-refractivity contribution in [2.24, 2.45) is 11.8 Å². The van der Waals surface area contributed by atoms with Crippen LogP contribution in [0.1, 0.15) is 45.1 Å². The molecule has 1 atom stereocenters. The molecule has 0 N–H and O–H groups in total. The maximum absolute atomic E-state index is 12.9. The highest BCUT2D eigenvalue weighted by atomic mass is 16.5. The molecule has 1 saturated heterocycles. The third kappa shape index (κ3) is 5.02. The number of carbonyl (C=O) groups is 2. The summed E-state index contributed by atoms with van der Waals surface area (Å²) in [6.07, 6.45) is 4.01. The lowest BCUT2D eigenvalue weighted by atomic mass is 10.0. The number of aryl methyl sites for hydroxylation is 1. The molecule has 0 aromatic heterocycles. The van der Waals surface area contributed by atoms with Crippen LogP contribution in [0.4, 0.5) is 0 Å². The van der Waals surface area contributed by atoms with Crippen LogP contribution >= 0.6 is 0 Å². The molecule has 1 heterocycles. The standard InChI is InChI=1S/C22H32N2O3/c1-16(2)19-15-23(13-12-22(26)24(19)14-17-8-9-17)21(25)11-10-18-6-4-5-7-20(18)27-3/h4-7,16-17,19H,8-15H2,1-3H3. The molecule has 2 aliphatic rings. The Labute approximate surface area is 162 Å². The first-order valence-corrected chi connectivity index (χ1v) is 10.2. The largest absolute Gasteiger partial charge is 0.496 e. The molecule has 5 nitrogen and oxygen atoms in total. The Kier molecular flexibility index (Phi) is 6.40. The second-order valence-corrected chi connectivity index (χ2v) is 8.20. The zero-order valence-electron chi connectivity index (χ0n) is 16.8. The first-order valence-electron chi connectivity index (χ1n) is 10.2. The Balaban J connectivity index is 1.64. The van der Waals surface area contributed by atoms with E-state index < -0.39 is 0 Å². The van der Waals surface area contributed by atoms with Gasteiger partial charge >= 0.3 is 0 Å². The van der Waals surface area contributed by atoms with Crippen molar-refractivity contribution in [3.05, 3.63) is 29.8 Å². The molecule has 1 saturated carbocycles. The van der Waals surface area contributed by atoms with E-state index in [1.807, 2.05) is 29.2 Å². The number of amides is 2. The van der Waals surface area contributed by atoms with Gasteiger partial charge in [-0.2, -0.15) is 0 Å². The minimum atomic E-state index is 0.121. The fourth-order valence-electron chi connectivity index (χ4n) is 3.90. The number of para-hydroxylation sites is 1. The third-order valence-corrected chi connectivity index (χ3v) is 5.80. The normalized spacial score (nSPS) is 20.7. The van der Waals surface area contributed by atoms with Crippen molar-refractivity contribution in [3.8, 4) is 5.75 Å². The van der Waals surface area contributed by atoms with E-state index in [9.17, 15) is 9.59 Å². The van der Waals surface area contributed by atoms with Gasteiger partial charge in [0.1, 0.15) is 5.75 Å². The molecule has 0 radical (unpaired) electrons. The molecule has 1 aliphatic carbocycles. The molecular weight excluding hydrogens is 340 g/mol. The molecule has 0 bridgehead atoms. The molecule has 27 heavy (non-hydrogen) atoms. The van der Waals surface area contributed by atoms with Crippen molar-refractivity contribution in [2.45, 2.75) is 52.0 Å². The SMILES string of the molecule is COc1ccccc1CCC(=O)N1CCC(=O)N(CC2CC2)C(C(C)C)C1. The van der Waals surface area contributed by atoms with Gasteiger partial charge in [-0.25, -0.2) is 0 Å². The highest BCUT2D eigenvalue weighted by Crippen LogP contribution is 2.32. The highest BCUT2D eigenvalue weighted by Gasteiger charge is 2.36. The summed E-state index contributed by atoms with van der Waals surface area (Å²) in [5.74, 6) is 2.18. The summed E-state index contributed by atoms with van der Waals surface area (Å²) in [5.41, 5.74) is 1.05. The minimum absolute atomic E-state index is 0.121. The van der Waals surface area contributed by atoms with Crippen LogP contribution in [-0.2, 0) is 16.0 Å². The van der Waals surface area contributed by atoms with E-state index >= 15 is 0 Å². The summed E-state index contributed by atoms with van der Waals surface area (Å²) in [6, 6.07) is 7.96. The summed E-state index contributed by atoms with van der Waals surface area (Å²) < 4.78 is 5.39. The van der Waals surface area contributed by atoms with Gasteiger partial charge in [0.2, 0.25) is 11.8 Å². The minimum Gasteiger partial charge on any atom is -0.496 e. The fourth-order valence-corrected chi connectivity index (χ4v) is 3.90. The van der Waals surface area contributed by atoms with Gasteiger partial charge in [0, 0.05) is 32.5 Å². The number of hydrogen-bond donors (Lipinski definition) is 0. The molecule has 1 unspecified atom stereocenters. The van der Waals surface area contributed by atoms with E-state index in [0.29, 0.717) is 44.2 Å². The van der Waals surface area contributed by atoms with Crippen LogP contribution < -0.4 is 4.74 Å². The topological polar surface area (TPSA) is 49.9 Å². The first-order chi connectivity index (χ1) is 13.0. The fraction of sp³-hybridized carbons (Fsp3) is 0.636. The predicted molar refractivity (Wildman–Crippen MR) is 106 cm³/mol. The van der Waals surface area contributed by atoms with Crippen LogP contribution in [-0.4, -0.2) is 54.4 Å². The van der Waals surface area contributed by atoms with Crippen LogP contribution in [0.2, 0.25) is 0 Å². The lowest BCUT2D eigenvalue weighted by molar-refractivity contribution is -0.134. The maximum atomic E-state index is 12.9. The molecule has 5 heteroatoms. The molecule has 2 amide bonds. The molecule has 1 aliphatic heterocycles. The molecule has 1 aromatic carbocycles.